The molecule has 3 aromatic rings. The highest BCUT2D eigenvalue weighted by Crippen LogP contribution is 2.44. The lowest BCUT2D eigenvalue weighted by Crippen LogP contribution is -2.07. The third-order valence-corrected chi connectivity index (χ3v) is 7.13. The normalized spacial score (nSPS) is 18.0. The summed E-state index contributed by atoms with van der Waals surface area (Å²) in [5.41, 5.74) is 4.59. The van der Waals surface area contributed by atoms with Crippen LogP contribution in [0.1, 0.15) is 74.5 Å². The minimum atomic E-state index is -0.812. The predicted octanol–water partition coefficient (Wildman–Crippen LogP) is 8.17. The Kier molecular flexibility index (Phi) is 9.21. The van der Waals surface area contributed by atoms with E-state index < -0.39 is 5.97 Å². The van der Waals surface area contributed by atoms with E-state index in [1.165, 1.54) is 38.2 Å². The zero-order valence-corrected chi connectivity index (χ0v) is 21.8. The van der Waals surface area contributed by atoms with Crippen molar-refractivity contribution >= 4 is 5.97 Å². The van der Waals surface area contributed by atoms with E-state index in [2.05, 4.69) is 13.0 Å². The first-order valence-electron chi connectivity index (χ1n) is 13.3. The van der Waals surface area contributed by atoms with E-state index >= 15 is 0 Å². The fraction of sp³-hybridized carbons (Fsp3) is 0.406. The van der Waals surface area contributed by atoms with Crippen molar-refractivity contribution < 1.29 is 23.8 Å². The molecule has 2 aliphatic rings. The molecule has 37 heavy (non-hydrogen) atoms. The first-order chi connectivity index (χ1) is 17.9. The lowest BCUT2D eigenvalue weighted by molar-refractivity contribution is -0.136. The van der Waals surface area contributed by atoms with Crippen molar-refractivity contribution in [2.24, 2.45) is 5.92 Å². The molecule has 0 heterocycles. The Morgan fingerprint density at radius 1 is 0.919 bits per heavy atom. The van der Waals surface area contributed by atoms with Gasteiger partial charge in [-0.3, -0.25) is 4.79 Å². The third kappa shape index (κ3) is 7.58. The smallest absolute Gasteiger partial charge is 0.303 e. The zero-order valence-electron chi connectivity index (χ0n) is 21.8. The number of hydrogen-bond acceptors (Lipinski definition) is 3. The maximum absolute atomic E-state index is 14.9. The van der Waals surface area contributed by atoms with Crippen molar-refractivity contribution in [1.82, 2.24) is 0 Å². The molecular weight excluding hydrogens is 467 g/mol. The first-order valence-corrected chi connectivity index (χ1v) is 13.3. The standard InChI is InChI=1S/C29H31FO4.C3H6/c1-19-5-3-8-24(19)26-16-21(9-12-25(26)27-17-22(33-2)11-13-28(27)30)18-34-23-7-4-6-20(15-23)10-14-29(31)32;1-2-3-1/h4,6-7,9,11-13,15-17,19,24H,3,5,8,10,14,18H2,1-2H3,(H,31,32);1-3H2. The second kappa shape index (κ2) is 12.8. The van der Waals surface area contributed by atoms with Crippen LogP contribution in [0.15, 0.2) is 60.7 Å². The number of halogens is 1. The predicted molar refractivity (Wildman–Crippen MR) is 145 cm³/mol. The molecule has 0 radical (unpaired) electrons. The average molecular weight is 505 g/mol. The molecule has 1 N–H and O–H groups in total. The maximum atomic E-state index is 14.9. The molecule has 0 amide bonds. The Bertz CT molecular complexity index is 1200. The summed E-state index contributed by atoms with van der Waals surface area (Å²) in [5, 5.41) is 8.92. The summed E-state index contributed by atoms with van der Waals surface area (Å²) < 4.78 is 26.3. The van der Waals surface area contributed by atoms with Gasteiger partial charge >= 0.3 is 5.97 Å². The third-order valence-electron chi connectivity index (χ3n) is 7.13. The van der Waals surface area contributed by atoms with E-state index in [1.54, 1.807) is 19.2 Å². The van der Waals surface area contributed by atoms with Crippen LogP contribution < -0.4 is 9.47 Å². The van der Waals surface area contributed by atoms with Gasteiger partial charge in [0.2, 0.25) is 0 Å². The molecule has 0 saturated heterocycles. The van der Waals surface area contributed by atoms with Gasteiger partial charge in [-0.1, -0.05) is 69.4 Å². The Labute approximate surface area is 219 Å². The summed E-state index contributed by atoms with van der Waals surface area (Å²) in [5.74, 6) is 1.19. The van der Waals surface area contributed by atoms with Crippen LogP contribution in [0.25, 0.3) is 11.1 Å². The molecule has 3 aromatic carbocycles. The highest BCUT2D eigenvalue weighted by molar-refractivity contribution is 5.71. The SMILES string of the molecule is C1CC1.COc1ccc(F)c(-c2ccc(COc3cccc(CCC(=O)O)c3)cc2C2CCCC2C)c1. The molecule has 5 rings (SSSR count). The fourth-order valence-electron chi connectivity index (χ4n) is 4.91. The summed E-state index contributed by atoms with van der Waals surface area (Å²) in [7, 11) is 1.59. The molecule has 5 heteroatoms. The lowest BCUT2D eigenvalue weighted by atomic mass is 9.84. The molecule has 2 saturated carbocycles. The highest BCUT2D eigenvalue weighted by Gasteiger charge is 2.28. The minimum Gasteiger partial charge on any atom is -0.497 e. The van der Waals surface area contributed by atoms with Crippen LogP contribution in [0.5, 0.6) is 11.5 Å². The molecule has 196 valence electrons. The minimum absolute atomic E-state index is 0.0919. The number of benzene rings is 3. The molecule has 2 unspecified atom stereocenters. The largest absolute Gasteiger partial charge is 0.497 e. The van der Waals surface area contributed by atoms with Crippen LogP contribution in [-0.2, 0) is 17.8 Å². The maximum Gasteiger partial charge on any atom is 0.303 e. The number of methoxy groups -OCH3 is 1. The number of aryl methyl sites for hydroxylation is 1. The average Bonchev–Trinajstić information content (AvgIpc) is 3.74. The van der Waals surface area contributed by atoms with Gasteiger partial charge < -0.3 is 14.6 Å². The number of hydrogen-bond donors (Lipinski definition) is 1. The first kappa shape index (κ1) is 26.7. The number of rotatable bonds is 9. The molecule has 0 bridgehead atoms. The van der Waals surface area contributed by atoms with Gasteiger partial charge in [0.25, 0.3) is 0 Å². The van der Waals surface area contributed by atoms with Gasteiger partial charge in [0.1, 0.15) is 23.9 Å². The number of aliphatic carboxylic acids is 1. The Balaban J connectivity index is 0.000000994. The van der Waals surface area contributed by atoms with E-state index in [9.17, 15) is 9.18 Å². The van der Waals surface area contributed by atoms with Crippen LogP contribution >= 0.6 is 0 Å². The van der Waals surface area contributed by atoms with Crippen molar-refractivity contribution in [3.8, 4) is 22.6 Å². The Hall–Kier alpha value is -3.34. The van der Waals surface area contributed by atoms with Gasteiger partial charge in [-0.05, 0) is 77.3 Å². The molecule has 0 spiro atoms. The number of carboxylic acids is 1. The summed E-state index contributed by atoms with van der Waals surface area (Å²) in [4.78, 5) is 10.9. The molecular formula is C32H37FO4. The second-order valence-corrected chi connectivity index (χ2v) is 10.2. The van der Waals surface area contributed by atoms with Crippen LogP contribution in [0.4, 0.5) is 4.39 Å². The summed E-state index contributed by atoms with van der Waals surface area (Å²) in [6.45, 7) is 2.66. The number of carboxylic acid groups (broad SMARTS) is 1. The lowest BCUT2D eigenvalue weighted by Gasteiger charge is -2.22. The number of carbonyl (C=O) groups is 1. The molecule has 2 atom stereocenters. The molecule has 2 fully saturated rings. The molecule has 0 aromatic heterocycles. The molecule has 4 nitrogen and oxygen atoms in total. The van der Waals surface area contributed by atoms with Crippen LogP contribution in [0.2, 0.25) is 0 Å². The van der Waals surface area contributed by atoms with Gasteiger partial charge in [0.15, 0.2) is 0 Å². The van der Waals surface area contributed by atoms with E-state index in [0.717, 1.165) is 28.7 Å². The van der Waals surface area contributed by atoms with Crippen molar-refractivity contribution in [2.45, 2.75) is 70.8 Å². The van der Waals surface area contributed by atoms with Crippen molar-refractivity contribution in [3.63, 3.8) is 0 Å². The number of ether oxygens (including phenoxy) is 2. The van der Waals surface area contributed by atoms with E-state index in [1.807, 2.05) is 36.4 Å². The fourth-order valence-corrected chi connectivity index (χ4v) is 4.91. The molecule has 2 aliphatic carbocycles. The topological polar surface area (TPSA) is 55.8 Å². The van der Waals surface area contributed by atoms with E-state index in [-0.39, 0.29) is 12.2 Å². The summed E-state index contributed by atoms with van der Waals surface area (Å²) in [6.07, 6.45) is 8.51. The quantitative estimate of drug-likeness (QED) is 0.319. The van der Waals surface area contributed by atoms with Gasteiger partial charge in [-0.25, -0.2) is 4.39 Å². The van der Waals surface area contributed by atoms with Crippen molar-refractivity contribution in [3.05, 3.63) is 83.2 Å². The highest BCUT2D eigenvalue weighted by atomic mass is 19.1. The van der Waals surface area contributed by atoms with Crippen molar-refractivity contribution in [2.75, 3.05) is 7.11 Å². The van der Waals surface area contributed by atoms with Gasteiger partial charge in [0.05, 0.1) is 7.11 Å². The van der Waals surface area contributed by atoms with Crippen LogP contribution in [0, 0.1) is 11.7 Å². The van der Waals surface area contributed by atoms with E-state index in [4.69, 9.17) is 14.6 Å². The molecule has 0 aliphatic heterocycles. The van der Waals surface area contributed by atoms with Gasteiger partial charge in [-0.2, -0.15) is 0 Å². The van der Waals surface area contributed by atoms with Crippen LogP contribution in [0.3, 0.4) is 0 Å². The van der Waals surface area contributed by atoms with Gasteiger partial charge in [0, 0.05) is 12.0 Å². The zero-order chi connectivity index (χ0) is 26.2. The van der Waals surface area contributed by atoms with Crippen LogP contribution in [-0.4, -0.2) is 18.2 Å². The van der Waals surface area contributed by atoms with Gasteiger partial charge in [-0.15, -0.1) is 0 Å². The van der Waals surface area contributed by atoms with Crippen molar-refractivity contribution in [1.29, 1.82) is 0 Å². The summed E-state index contributed by atoms with van der Waals surface area (Å²) in [6, 6.07) is 18.6. The van der Waals surface area contributed by atoms with E-state index in [0.29, 0.717) is 41.9 Å². The monoisotopic (exact) mass is 504 g/mol. The Morgan fingerprint density at radius 3 is 2.41 bits per heavy atom. The second-order valence-electron chi connectivity index (χ2n) is 10.2. The summed E-state index contributed by atoms with van der Waals surface area (Å²) >= 11 is 0. The Morgan fingerprint density at radius 2 is 1.73 bits per heavy atom.